The molecule has 0 N–H and O–H groups in total. The summed E-state index contributed by atoms with van der Waals surface area (Å²) >= 11 is 0. The Morgan fingerprint density at radius 1 is 0.722 bits per heavy atom. The Morgan fingerprint density at radius 2 is 1.44 bits per heavy atom. The Morgan fingerprint density at radius 3 is 2.22 bits per heavy atom. The molecule has 3 aromatic carbocycles. The average Bonchev–Trinajstić information content (AvgIpc) is 2.45. The van der Waals surface area contributed by atoms with Crippen LogP contribution in [0.25, 0.3) is 21.5 Å². The van der Waals surface area contributed by atoms with Crippen molar-refractivity contribution in [2.24, 2.45) is 0 Å². The van der Waals surface area contributed by atoms with Gasteiger partial charge in [0.15, 0.2) is 12.6 Å². The highest BCUT2D eigenvalue weighted by Crippen LogP contribution is 2.29. The van der Waals surface area contributed by atoms with E-state index in [0.717, 1.165) is 34.1 Å². The monoisotopic (exact) mass is 234 g/mol. The fraction of sp³-hybridized carbons (Fsp3) is 0. The molecule has 0 aliphatic carbocycles. The maximum Gasteiger partial charge on any atom is 0.150 e. The van der Waals surface area contributed by atoms with E-state index in [2.05, 4.69) is 0 Å². The fourth-order valence-corrected chi connectivity index (χ4v) is 2.42. The first kappa shape index (κ1) is 10.7. The van der Waals surface area contributed by atoms with Gasteiger partial charge in [-0.15, -0.1) is 0 Å². The minimum absolute atomic E-state index is 0.556. The van der Waals surface area contributed by atoms with Crippen molar-refractivity contribution in [2.45, 2.75) is 0 Å². The third-order valence-corrected chi connectivity index (χ3v) is 3.20. The van der Waals surface area contributed by atoms with E-state index in [4.69, 9.17) is 0 Å². The lowest BCUT2D eigenvalue weighted by molar-refractivity contribution is 0.112. The van der Waals surface area contributed by atoms with Gasteiger partial charge in [0.1, 0.15) is 0 Å². The van der Waals surface area contributed by atoms with Gasteiger partial charge in [0.2, 0.25) is 0 Å². The summed E-state index contributed by atoms with van der Waals surface area (Å²) in [5.41, 5.74) is 1.12. The summed E-state index contributed by atoms with van der Waals surface area (Å²) < 4.78 is 0. The zero-order chi connectivity index (χ0) is 12.5. The summed E-state index contributed by atoms with van der Waals surface area (Å²) in [6.07, 6.45) is 1.60. The van der Waals surface area contributed by atoms with Crippen LogP contribution in [0.15, 0.2) is 48.5 Å². The molecule has 2 nitrogen and oxygen atoms in total. The highest BCUT2D eigenvalue weighted by Gasteiger charge is 2.09. The zero-order valence-corrected chi connectivity index (χ0v) is 9.59. The van der Waals surface area contributed by atoms with Crippen LogP contribution in [-0.4, -0.2) is 12.6 Å². The Kier molecular flexibility index (Phi) is 2.41. The molecule has 0 aromatic heterocycles. The topological polar surface area (TPSA) is 34.1 Å². The molecule has 0 spiro atoms. The number of hydrogen-bond acceptors (Lipinski definition) is 2. The largest absolute Gasteiger partial charge is 0.298 e. The van der Waals surface area contributed by atoms with Gasteiger partial charge >= 0.3 is 0 Å². The molecule has 3 rings (SSSR count). The molecule has 0 aliphatic heterocycles. The SMILES string of the molecule is O=Cc1cccc2c1c(C=O)cc1ccccc12. The second-order valence-corrected chi connectivity index (χ2v) is 4.19. The lowest BCUT2D eigenvalue weighted by Gasteiger charge is -2.08. The van der Waals surface area contributed by atoms with E-state index < -0.39 is 0 Å². The first-order valence-electron chi connectivity index (χ1n) is 5.70. The van der Waals surface area contributed by atoms with Gasteiger partial charge in [-0.1, -0.05) is 42.5 Å². The summed E-state index contributed by atoms with van der Waals surface area (Å²) in [6.45, 7) is 0. The lowest BCUT2D eigenvalue weighted by atomic mass is 9.95. The molecule has 86 valence electrons. The van der Waals surface area contributed by atoms with E-state index in [0.29, 0.717) is 11.1 Å². The van der Waals surface area contributed by atoms with Crippen LogP contribution in [0, 0.1) is 0 Å². The number of carbonyl (C=O) groups excluding carboxylic acids is 2. The molecule has 0 aliphatic rings. The molecule has 3 aromatic rings. The van der Waals surface area contributed by atoms with Crippen LogP contribution in [0.1, 0.15) is 20.7 Å². The van der Waals surface area contributed by atoms with Crippen molar-refractivity contribution in [3.05, 3.63) is 59.7 Å². The predicted octanol–water partition coefficient (Wildman–Crippen LogP) is 3.62. The van der Waals surface area contributed by atoms with Crippen LogP contribution in [0.3, 0.4) is 0 Å². The van der Waals surface area contributed by atoms with Crippen LogP contribution in [0.5, 0.6) is 0 Å². The Balaban J connectivity index is 2.64. The fourth-order valence-electron chi connectivity index (χ4n) is 2.42. The van der Waals surface area contributed by atoms with E-state index in [9.17, 15) is 9.59 Å². The molecule has 0 saturated heterocycles. The molecule has 0 bridgehead atoms. The highest BCUT2D eigenvalue weighted by molar-refractivity contribution is 6.17. The first-order chi connectivity index (χ1) is 8.85. The summed E-state index contributed by atoms with van der Waals surface area (Å²) in [5.74, 6) is 0. The number of fused-ring (bicyclic) bond motifs is 3. The van der Waals surface area contributed by atoms with Gasteiger partial charge in [-0.3, -0.25) is 9.59 Å². The lowest BCUT2D eigenvalue weighted by Crippen LogP contribution is -1.91. The molecular weight excluding hydrogens is 224 g/mol. The maximum absolute atomic E-state index is 11.2. The predicted molar refractivity (Wildman–Crippen MR) is 72.2 cm³/mol. The van der Waals surface area contributed by atoms with Crippen LogP contribution in [0.2, 0.25) is 0 Å². The molecule has 0 fully saturated rings. The highest BCUT2D eigenvalue weighted by atomic mass is 16.1. The summed E-state index contributed by atoms with van der Waals surface area (Å²) in [6, 6.07) is 15.2. The van der Waals surface area contributed by atoms with Crippen molar-refractivity contribution in [3.63, 3.8) is 0 Å². The standard InChI is InChI=1S/C16H10O2/c17-9-12-5-3-7-15-14-6-2-1-4-11(14)8-13(10-18)16(12)15/h1-10H. The van der Waals surface area contributed by atoms with Crippen molar-refractivity contribution in [3.8, 4) is 0 Å². The van der Waals surface area contributed by atoms with E-state index in [1.165, 1.54) is 0 Å². The Bertz CT molecular complexity index is 772. The Hall–Kier alpha value is -2.48. The van der Waals surface area contributed by atoms with E-state index in [1.807, 2.05) is 42.5 Å². The molecule has 0 heterocycles. The molecule has 0 radical (unpaired) electrons. The second kappa shape index (κ2) is 4.08. The number of aldehydes is 2. The van der Waals surface area contributed by atoms with Crippen molar-refractivity contribution in [2.75, 3.05) is 0 Å². The molecule has 0 saturated carbocycles. The van der Waals surface area contributed by atoms with Crippen molar-refractivity contribution >= 4 is 34.1 Å². The van der Waals surface area contributed by atoms with Gasteiger partial charge in [-0.05, 0) is 22.2 Å². The minimum atomic E-state index is 0.556. The third kappa shape index (κ3) is 1.43. The van der Waals surface area contributed by atoms with E-state index >= 15 is 0 Å². The van der Waals surface area contributed by atoms with E-state index in [-0.39, 0.29) is 0 Å². The van der Waals surface area contributed by atoms with Crippen LogP contribution in [-0.2, 0) is 0 Å². The van der Waals surface area contributed by atoms with Gasteiger partial charge in [-0.25, -0.2) is 0 Å². The summed E-state index contributed by atoms with van der Waals surface area (Å²) in [4.78, 5) is 22.3. The smallest absolute Gasteiger partial charge is 0.150 e. The normalized spacial score (nSPS) is 10.7. The first-order valence-corrected chi connectivity index (χ1v) is 5.70. The van der Waals surface area contributed by atoms with E-state index in [1.54, 1.807) is 6.07 Å². The van der Waals surface area contributed by atoms with Crippen molar-refractivity contribution in [1.29, 1.82) is 0 Å². The number of benzene rings is 3. The Labute approximate surface area is 104 Å². The quantitative estimate of drug-likeness (QED) is 0.501. The van der Waals surface area contributed by atoms with Crippen LogP contribution >= 0.6 is 0 Å². The molecular formula is C16H10O2. The van der Waals surface area contributed by atoms with Crippen LogP contribution < -0.4 is 0 Å². The average molecular weight is 234 g/mol. The third-order valence-electron chi connectivity index (χ3n) is 3.20. The number of rotatable bonds is 2. The maximum atomic E-state index is 11.2. The molecule has 18 heavy (non-hydrogen) atoms. The number of carbonyl (C=O) groups is 2. The summed E-state index contributed by atoms with van der Waals surface area (Å²) in [7, 11) is 0. The van der Waals surface area contributed by atoms with Crippen molar-refractivity contribution < 1.29 is 9.59 Å². The summed E-state index contributed by atoms with van der Waals surface area (Å²) in [5, 5.41) is 3.75. The van der Waals surface area contributed by atoms with Gasteiger partial charge < -0.3 is 0 Å². The zero-order valence-electron chi connectivity index (χ0n) is 9.59. The van der Waals surface area contributed by atoms with Gasteiger partial charge in [0.05, 0.1) is 0 Å². The molecule has 0 unspecified atom stereocenters. The number of hydrogen-bond donors (Lipinski definition) is 0. The van der Waals surface area contributed by atoms with Crippen LogP contribution in [0.4, 0.5) is 0 Å². The van der Waals surface area contributed by atoms with Gasteiger partial charge in [0.25, 0.3) is 0 Å². The van der Waals surface area contributed by atoms with Crippen molar-refractivity contribution in [1.82, 2.24) is 0 Å². The second-order valence-electron chi connectivity index (χ2n) is 4.19. The molecule has 0 amide bonds. The minimum Gasteiger partial charge on any atom is -0.298 e. The van der Waals surface area contributed by atoms with Gasteiger partial charge in [0, 0.05) is 16.5 Å². The molecule has 0 atom stereocenters. The van der Waals surface area contributed by atoms with Gasteiger partial charge in [-0.2, -0.15) is 0 Å². The molecule has 2 heteroatoms.